The number of benzene rings is 1. The minimum absolute atomic E-state index is 0.0751. The van der Waals surface area contributed by atoms with E-state index < -0.39 is 19.1 Å². The van der Waals surface area contributed by atoms with Gasteiger partial charge in [-0.05, 0) is 54.2 Å². The van der Waals surface area contributed by atoms with Gasteiger partial charge in [-0.25, -0.2) is 4.39 Å². The Balaban J connectivity index is 2.28. The fourth-order valence-corrected chi connectivity index (χ4v) is 3.84. The van der Waals surface area contributed by atoms with Crippen molar-refractivity contribution in [3.8, 4) is 0 Å². The Hall–Kier alpha value is -1.53. The second kappa shape index (κ2) is 6.17. The molecule has 4 nitrogen and oxygen atoms in total. The van der Waals surface area contributed by atoms with Crippen LogP contribution in [0.15, 0.2) is 18.3 Å². The topological polar surface area (TPSA) is 52.4 Å². The molecule has 1 aliphatic rings. The summed E-state index contributed by atoms with van der Waals surface area (Å²) in [4.78, 5) is 9.81. The molecular formula is C17H24FNO3Si. The molecule has 0 heterocycles. The van der Waals surface area contributed by atoms with Crippen molar-refractivity contribution < 1.29 is 13.7 Å². The van der Waals surface area contributed by atoms with E-state index in [1.54, 1.807) is 6.07 Å². The Kier molecular flexibility index (Phi) is 4.78. The molecule has 1 atom stereocenters. The van der Waals surface area contributed by atoms with Gasteiger partial charge >= 0.3 is 0 Å². The summed E-state index contributed by atoms with van der Waals surface area (Å²) < 4.78 is 20.6. The molecule has 0 aromatic heterocycles. The van der Waals surface area contributed by atoms with Crippen LogP contribution in [0, 0.1) is 15.9 Å². The Morgan fingerprint density at radius 3 is 2.61 bits per heavy atom. The zero-order chi connectivity index (χ0) is 17.4. The maximum absolute atomic E-state index is 14.2. The number of hydrogen-bond acceptors (Lipinski definition) is 3. The molecule has 0 saturated heterocycles. The van der Waals surface area contributed by atoms with E-state index in [2.05, 4.69) is 33.9 Å². The minimum Gasteiger partial charge on any atom is -0.410 e. The summed E-state index contributed by atoms with van der Waals surface area (Å²) in [7, 11) is -1.93. The van der Waals surface area contributed by atoms with E-state index in [0.29, 0.717) is 0 Å². The number of nitrogens with zero attached hydrogens (tertiary/aromatic N) is 1. The third kappa shape index (κ3) is 3.87. The Labute approximate surface area is 137 Å². The Bertz CT molecular complexity index is 650. The first kappa shape index (κ1) is 17.8. The first-order valence-corrected chi connectivity index (χ1v) is 10.7. The summed E-state index contributed by atoms with van der Waals surface area (Å²) in [6.07, 6.45) is 3.55. The van der Waals surface area contributed by atoms with Crippen molar-refractivity contribution >= 4 is 14.4 Å². The second-order valence-corrected chi connectivity index (χ2v) is 12.3. The van der Waals surface area contributed by atoms with E-state index in [1.165, 1.54) is 12.1 Å². The molecule has 0 N–H and O–H groups in total. The zero-order valence-corrected chi connectivity index (χ0v) is 15.4. The third-order valence-electron chi connectivity index (χ3n) is 4.90. The van der Waals surface area contributed by atoms with Crippen molar-refractivity contribution in [1.29, 1.82) is 0 Å². The van der Waals surface area contributed by atoms with Crippen molar-refractivity contribution in [2.75, 3.05) is 0 Å². The SMILES string of the molecule is CC(C)(C)[Si](C)(C)OC1CCc2cc(/C=C/[N+](=O)[O-])c(F)cc21. The van der Waals surface area contributed by atoms with Gasteiger partial charge in [0, 0.05) is 11.6 Å². The maximum Gasteiger partial charge on any atom is 0.235 e. The van der Waals surface area contributed by atoms with Gasteiger partial charge in [0.25, 0.3) is 0 Å². The van der Waals surface area contributed by atoms with Gasteiger partial charge in [0.2, 0.25) is 6.20 Å². The lowest BCUT2D eigenvalue weighted by atomic mass is 10.0. The molecule has 6 heteroatoms. The summed E-state index contributed by atoms with van der Waals surface area (Å²) in [6.45, 7) is 10.9. The van der Waals surface area contributed by atoms with Crippen LogP contribution >= 0.6 is 0 Å². The number of halogens is 1. The quantitative estimate of drug-likeness (QED) is 0.437. The highest BCUT2D eigenvalue weighted by Crippen LogP contribution is 2.44. The van der Waals surface area contributed by atoms with E-state index in [9.17, 15) is 14.5 Å². The maximum atomic E-state index is 14.2. The van der Waals surface area contributed by atoms with Gasteiger partial charge in [-0.2, -0.15) is 0 Å². The molecule has 1 aliphatic carbocycles. The molecule has 0 amide bonds. The first-order chi connectivity index (χ1) is 10.5. The first-order valence-electron chi connectivity index (χ1n) is 7.83. The molecule has 126 valence electrons. The molecule has 0 radical (unpaired) electrons. The summed E-state index contributed by atoms with van der Waals surface area (Å²) in [5.74, 6) is -0.437. The predicted molar refractivity (Wildman–Crippen MR) is 91.8 cm³/mol. The highest BCUT2D eigenvalue weighted by molar-refractivity contribution is 6.74. The van der Waals surface area contributed by atoms with E-state index >= 15 is 0 Å². The monoisotopic (exact) mass is 337 g/mol. The minimum atomic E-state index is -1.93. The summed E-state index contributed by atoms with van der Waals surface area (Å²) in [5, 5.41) is 10.5. The molecule has 2 rings (SSSR count). The molecule has 1 unspecified atom stereocenters. The van der Waals surface area contributed by atoms with Crippen molar-refractivity contribution in [2.45, 2.75) is 57.8 Å². The van der Waals surface area contributed by atoms with Crippen LogP contribution in [0.4, 0.5) is 4.39 Å². The van der Waals surface area contributed by atoms with E-state index in [1.807, 2.05) is 0 Å². The average molecular weight is 337 g/mol. The molecular weight excluding hydrogens is 313 g/mol. The lowest BCUT2D eigenvalue weighted by Gasteiger charge is -2.38. The Morgan fingerprint density at radius 2 is 2.04 bits per heavy atom. The van der Waals surface area contributed by atoms with Crippen LogP contribution in [-0.4, -0.2) is 13.2 Å². The second-order valence-electron chi connectivity index (χ2n) is 7.58. The number of fused-ring (bicyclic) bond motifs is 1. The van der Waals surface area contributed by atoms with Crippen molar-refractivity contribution in [3.63, 3.8) is 0 Å². The van der Waals surface area contributed by atoms with Crippen LogP contribution in [0.2, 0.25) is 18.1 Å². The fraction of sp³-hybridized carbons (Fsp3) is 0.529. The third-order valence-corrected chi connectivity index (χ3v) is 9.39. The predicted octanol–water partition coefficient (Wildman–Crippen LogP) is 5.08. The highest BCUT2D eigenvalue weighted by Gasteiger charge is 2.40. The largest absolute Gasteiger partial charge is 0.410 e. The average Bonchev–Trinajstić information content (AvgIpc) is 2.76. The van der Waals surface area contributed by atoms with Crippen LogP contribution in [0.3, 0.4) is 0 Å². The van der Waals surface area contributed by atoms with Crippen LogP contribution < -0.4 is 0 Å². The van der Waals surface area contributed by atoms with Crippen molar-refractivity contribution in [2.24, 2.45) is 0 Å². The van der Waals surface area contributed by atoms with E-state index in [-0.39, 0.29) is 16.7 Å². The van der Waals surface area contributed by atoms with Gasteiger partial charge in [0.05, 0.1) is 11.0 Å². The molecule has 1 aromatic rings. The van der Waals surface area contributed by atoms with Crippen LogP contribution in [0.5, 0.6) is 0 Å². The summed E-state index contributed by atoms with van der Waals surface area (Å²) in [5.41, 5.74) is 2.18. The lowest BCUT2D eigenvalue weighted by molar-refractivity contribution is -0.400. The van der Waals surface area contributed by atoms with Crippen LogP contribution in [0.25, 0.3) is 6.08 Å². The summed E-state index contributed by atoms with van der Waals surface area (Å²) >= 11 is 0. The van der Waals surface area contributed by atoms with Crippen LogP contribution in [0.1, 0.15) is 50.0 Å². The van der Waals surface area contributed by atoms with Gasteiger partial charge < -0.3 is 4.43 Å². The van der Waals surface area contributed by atoms with Gasteiger partial charge in [-0.3, -0.25) is 10.1 Å². The van der Waals surface area contributed by atoms with Gasteiger partial charge in [-0.1, -0.05) is 20.8 Å². The number of aryl methyl sites for hydroxylation is 1. The Morgan fingerprint density at radius 1 is 1.39 bits per heavy atom. The van der Waals surface area contributed by atoms with Gasteiger partial charge in [0.15, 0.2) is 8.32 Å². The zero-order valence-electron chi connectivity index (χ0n) is 14.4. The van der Waals surface area contributed by atoms with Crippen molar-refractivity contribution in [1.82, 2.24) is 0 Å². The standard InChI is InChI=1S/C17H24FNO3Si/c1-17(2,3)23(4,5)22-16-7-6-12-10-13(8-9-19(20)21)15(18)11-14(12)16/h8-11,16H,6-7H2,1-5H3/b9-8+. The van der Waals surface area contributed by atoms with E-state index in [4.69, 9.17) is 4.43 Å². The number of rotatable bonds is 4. The highest BCUT2D eigenvalue weighted by atomic mass is 28.4. The van der Waals surface area contributed by atoms with Crippen molar-refractivity contribution in [3.05, 3.63) is 51.0 Å². The molecule has 23 heavy (non-hydrogen) atoms. The smallest absolute Gasteiger partial charge is 0.235 e. The number of nitro groups is 1. The molecule has 0 saturated carbocycles. The molecule has 1 aromatic carbocycles. The van der Waals surface area contributed by atoms with Gasteiger partial charge in [0.1, 0.15) is 5.82 Å². The molecule has 0 fully saturated rings. The van der Waals surface area contributed by atoms with Gasteiger partial charge in [-0.15, -0.1) is 0 Å². The molecule has 0 spiro atoms. The normalized spacial score (nSPS) is 18.4. The molecule has 0 aliphatic heterocycles. The number of hydrogen-bond donors (Lipinski definition) is 0. The lowest BCUT2D eigenvalue weighted by Crippen LogP contribution is -2.41. The fourth-order valence-electron chi connectivity index (χ4n) is 2.53. The van der Waals surface area contributed by atoms with E-state index in [0.717, 1.165) is 30.2 Å². The van der Waals surface area contributed by atoms with Crippen LogP contribution in [-0.2, 0) is 10.8 Å². The molecule has 0 bridgehead atoms. The summed E-state index contributed by atoms with van der Waals surface area (Å²) in [6, 6.07) is 3.19.